The summed E-state index contributed by atoms with van der Waals surface area (Å²) in [5, 5.41) is 12.4. The Balaban J connectivity index is 1.40. The number of fused-ring (bicyclic) bond motifs is 1. The standard InChI is InChI=1S/C24H27N5O2/c1-16-12-18(17(2)29(16)15-20-6-5-11-31-20)13-19(14-25)24(30)26-10-9-23-27-21-7-3-4-8-22(21)28-23/h3-4,7-8,12-13,20H,5-6,9-11,15H2,1-2H3,(H,26,30)(H,27,28)/b19-13+. The van der Waals surface area contributed by atoms with Gasteiger partial charge in [-0.25, -0.2) is 4.98 Å². The average molecular weight is 418 g/mol. The van der Waals surface area contributed by atoms with Gasteiger partial charge in [0.1, 0.15) is 17.5 Å². The molecule has 3 heterocycles. The average Bonchev–Trinajstić information content (AvgIpc) is 3.48. The number of rotatable bonds is 7. The summed E-state index contributed by atoms with van der Waals surface area (Å²) in [7, 11) is 0. The second-order valence-electron chi connectivity index (χ2n) is 7.95. The zero-order chi connectivity index (χ0) is 21.8. The molecule has 1 fully saturated rings. The van der Waals surface area contributed by atoms with Crippen molar-refractivity contribution >= 4 is 23.0 Å². The maximum atomic E-state index is 12.6. The SMILES string of the molecule is Cc1cc(/C=C(\C#N)C(=O)NCCc2nc3ccccc3[nH]2)c(C)n1CC1CCCO1. The molecule has 1 aliphatic heterocycles. The number of carbonyl (C=O) groups excluding carboxylic acids is 1. The van der Waals surface area contributed by atoms with Gasteiger partial charge in [0, 0.05) is 37.5 Å². The summed E-state index contributed by atoms with van der Waals surface area (Å²) in [6.45, 7) is 6.08. The predicted molar refractivity (Wildman–Crippen MR) is 119 cm³/mol. The normalized spacial score (nSPS) is 16.5. The summed E-state index contributed by atoms with van der Waals surface area (Å²) in [4.78, 5) is 20.3. The number of carbonyl (C=O) groups is 1. The van der Waals surface area contributed by atoms with E-state index < -0.39 is 0 Å². The van der Waals surface area contributed by atoms with E-state index in [1.807, 2.05) is 50.2 Å². The molecule has 160 valence electrons. The van der Waals surface area contributed by atoms with Crippen molar-refractivity contribution in [2.45, 2.75) is 45.8 Å². The minimum Gasteiger partial charge on any atom is -0.376 e. The Hall–Kier alpha value is -3.37. The van der Waals surface area contributed by atoms with Crippen LogP contribution in [0.15, 0.2) is 35.9 Å². The molecule has 0 aliphatic carbocycles. The zero-order valence-electron chi connectivity index (χ0n) is 17.9. The summed E-state index contributed by atoms with van der Waals surface area (Å²) in [6, 6.07) is 11.9. The summed E-state index contributed by atoms with van der Waals surface area (Å²) >= 11 is 0. The molecule has 2 aromatic heterocycles. The molecule has 31 heavy (non-hydrogen) atoms. The van der Waals surface area contributed by atoms with Gasteiger partial charge in [0.25, 0.3) is 5.91 Å². The van der Waals surface area contributed by atoms with Crippen LogP contribution in [-0.2, 0) is 22.5 Å². The quantitative estimate of drug-likeness (QED) is 0.455. The highest BCUT2D eigenvalue weighted by Crippen LogP contribution is 2.22. The van der Waals surface area contributed by atoms with Crippen LogP contribution in [0.25, 0.3) is 17.1 Å². The molecule has 7 heteroatoms. The molecule has 1 amide bonds. The van der Waals surface area contributed by atoms with Crippen LogP contribution >= 0.6 is 0 Å². The lowest BCUT2D eigenvalue weighted by atomic mass is 10.1. The predicted octanol–water partition coefficient (Wildman–Crippen LogP) is 3.43. The maximum absolute atomic E-state index is 12.6. The number of hydrogen-bond donors (Lipinski definition) is 2. The number of nitrogens with one attached hydrogen (secondary N) is 2. The van der Waals surface area contributed by atoms with Crippen LogP contribution in [0.3, 0.4) is 0 Å². The van der Waals surface area contributed by atoms with Crippen LogP contribution in [0.4, 0.5) is 0 Å². The Bertz CT molecular complexity index is 1130. The Morgan fingerprint density at radius 1 is 1.42 bits per heavy atom. The van der Waals surface area contributed by atoms with Crippen LogP contribution in [0.1, 0.15) is 35.6 Å². The number of hydrogen-bond acceptors (Lipinski definition) is 4. The van der Waals surface area contributed by atoms with E-state index in [0.29, 0.717) is 13.0 Å². The van der Waals surface area contributed by atoms with Gasteiger partial charge < -0.3 is 19.6 Å². The molecule has 4 rings (SSSR count). The highest BCUT2D eigenvalue weighted by Gasteiger charge is 2.19. The van der Waals surface area contributed by atoms with Crippen LogP contribution in [0.2, 0.25) is 0 Å². The van der Waals surface area contributed by atoms with Crippen molar-refractivity contribution < 1.29 is 9.53 Å². The number of aromatic nitrogens is 3. The highest BCUT2D eigenvalue weighted by atomic mass is 16.5. The smallest absolute Gasteiger partial charge is 0.261 e. The molecule has 3 aromatic rings. The van der Waals surface area contributed by atoms with E-state index in [4.69, 9.17) is 4.74 Å². The number of H-pyrrole nitrogens is 1. The van der Waals surface area contributed by atoms with E-state index in [2.05, 4.69) is 19.9 Å². The summed E-state index contributed by atoms with van der Waals surface area (Å²) < 4.78 is 7.96. The van der Waals surface area contributed by atoms with E-state index >= 15 is 0 Å². The van der Waals surface area contributed by atoms with Crippen molar-refractivity contribution in [2.24, 2.45) is 0 Å². The third kappa shape index (κ3) is 4.70. The van der Waals surface area contributed by atoms with Gasteiger partial charge in [-0.2, -0.15) is 5.26 Å². The molecule has 0 saturated carbocycles. The van der Waals surface area contributed by atoms with E-state index in [0.717, 1.165) is 59.8 Å². The fourth-order valence-corrected chi connectivity index (χ4v) is 4.06. The van der Waals surface area contributed by atoms with Crippen molar-refractivity contribution in [3.63, 3.8) is 0 Å². The molecule has 1 atom stereocenters. The van der Waals surface area contributed by atoms with Crippen molar-refractivity contribution in [3.05, 3.63) is 58.7 Å². The van der Waals surface area contributed by atoms with Crippen LogP contribution in [0, 0.1) is 25.2 Å². The molecular formula is C24H27N5O2. The van der Waals surface area contributed by atoms with Gasteiger partial charge >= 0.3 is 0 Å². The highest BCUT2D eigenvalue weighted by molar-refractivity contribution is 6.01. The number of aromatic amines is 1. The molecule has 2 N–H and O–H groups in total. The zero-order valence-corrected chi connectivity index (χ0v) is 17.9. The van der Waals surface area contributed by atoms with Crippen LogP contribution in [0.5, 0.6) is 0 Å². The van der Waals surface area contributed by atoms with Gasteiger partial charge in [-0.15, -0.1) is 0 Å². The maximum Gasteiger partial charge on any atom is 0.261 e. The van der Waals surface area contributed by atoms with Gasteiger partial charge in [-0.1, -0.05) is 12.1 Å². The van der Waals surface area contributed by atoms with Crippen molar-refractivity contribution in [2.75, 3.05) is 13.2 Å². The van der Waals surface area contributed by atoms with Crippen molar-refractivity contribution in [3.8, 4) is 6.07 Å². The molecule has 0 bridgehead atoms. The third-order valence-electron chi connectivity index (χ3n) is 5.77. The first-order valence-corrected chi connectivity index (χ1v) is 10.7. The number of benzene rings is 1. The number of nitrogens with zero attached hydrogens (tertiary/aromatic N) is 3. The van der Waals surface area contributed by atoms with Gasteiger partial charge in [0.2, 0.25) is 0 Å². The second kappa shape index (κ2) is 9.19. The van der Waals surface area contributed by atoms with Gasteiger partial charge in [0.05, 0.1) is 17.1 Å². The fourth-order valence-electron chi connectivity index (χ4n) is 4.06. The number of ether oxygens (including phenoxy) is 1. The minimum absolute atomic E-state index is 0.0990. The lowest BCUT2D eigenvalue weighted by molar-refractivity contribution is -0.117. The van der Waals surface area contributed by atoms with Crippen molar-refractivity contribution in [1.29, 1.82) is 5.26 Å². The lowest BCUT2D eigenvalue weighted by Gasteiger charge is -2.14. The van der Waals surface area contributed by atoms with Gasteiger partial charge in [-0.05, 0) is 56.5 Å². The molecule has 1 saturated heterocycles. The topological polar surface area (TPSA) is 95.7 Å². The van der Waals surface area contributed by atoms with Gasteiger partial charge in [-0.3, -0.25) is 4.79 Å². The van der Waals surface area contributed by atoms with E-state index in [1.165, 1.54) is 0 Å². The molecule has 1 aliphatic rings. The van der Waals surface area contributed by atoms with E-state index in [9.17, 15) is 10.1 Å². The van der Waals surface area contributed by atoms with Crippen LogP contribution < -0.4 is 5.32 Å². The van der Waals surface area contributed by atoms with Gasteiger partial charge in [0.15, 0.2) is 0 Å². The molecule has 7 nitrogen and oxygen atoms in total. The number of para-hydroxylation sites is 2. The van der Waals surface area contributed by atoms with Crippen LogP contribution in [-0.4, -0.2) is 39.7 Å². The third-order valence-corrected chi connectivity index (χ3v) is 5.77. The molecule has 0 spiro atoms. The lowest BCUT2D eigenvalue weighted by Crippen LogP contribution is -2.27. The Labute approximate surface area is 181 Å². The number of imidazole rings is 1. The summed E-state index contributed by atoms with van der Waals surface area (Å²) in [5.41, 5.74) is 5.00. The van der Waals surface area contributed by atoms with Crippen molar-refractivity contribution in [1.82, 2.24) is 19.9 Å². The first kappa shape index (κ1) is 20.9. The largest absolute Gasteiger partial charge is 0.376 e. The number of amides is 1. The minimum atomic E-state index is -0.373. The Morgan fingerprint density at radius 3 is 3.00 bits per heavy atom. The monoisotopic (exact) mass is 417 g/mol. The fraction of sp³-hybridized carbons (Fsp3) is 0.375. The Kier molecular flexibility index (Phi) is 6.19. The van der Waals surface area contributed by atoms with E-state index in [1.54, 1.807) is 6.08 Å². The molecular weight excluding hydrogens is 390 g/mol. The molecule has 1 aromatic carbocycles. The van der Waals surface area contributed by atoms with E-state index in [-0.39, 0.29) is 17.6 Å². The summed E-state index contributed by atoms with van der Waals surface area (Å²) in [6.07, 6.45) is 4.64. The summed E-state index contributed by atoms with van der Waals surface area (Å²) in [5.74, 6) is 0.434. The first-order chi connectivity index (χ1) is 15.0. The molecule has 0 radical (unpaired) electrons. The number of nitriles is 1. The first-order valence-electron chi connectivity index (χ1n) is 10.7. The Morgan fingerprint density at radius 2 is 2.26 bits per heavy atom. The molecule has 1 unspecified atom stereocenters. The second-order valence-corrected chi connectivity index (χ2v) is 7.95. The number of aryl methyl sites for hydroxylation is 1.